The molecule has 0 fully saturated rings. The number of rotatable bonds is 5. The van der Waals surface area contributed by atoms with Crippen LogP contribution < -0.4 is 4.74 Å². The van der Waals surface area contributed by atoms with Crippen molar-refractivity contribution < 1.29 is 14.3 Å². The molecule has 3 rings (SSSR count). The van der Waals surface area contributed by atoms with Crippen molar-refractivity contribution in [1.82, 2.24) is 4.40 Å². The van der Waals surface area contributed by atoms with Crippen LogP contribution in [0.25, 0.3) is 16.4 Å². The number of carbonyl (C=O) groups excluding carboxylic acids is 1. The summed E-state index contributed by atoms with van der Waals surface area (Å²) in [5, 5.41) is 9.59. The minimum absolute atomic E-state index is 0.0214. The highest BCUT2D eigenvalue weighted by Gasteiger charge is 2.22. The summed E-state index contributed by atoms with van der Waals surface area (Å²) in [6.45, 7) is 6.34. The maximum Gasteiger partial charge on any atom is 0.340 e. The molecule has 2 aromatic heterocycles. The van der Waals surface area contributed by atoms with Gasteiger partial charge >= 0.3 is 5.97 Å². The molecule has 128 valence electrons. The SMILES string of the molecule is CCOC(=O)c1c2cccc(C(C)C)c2n2cc(OCC#N)ccc12. The molecular weight excluding hydrogens is 316 g/mol. The molecule has 0 aliphatic carbocycles. The molecule has 0 saturated heterocycles. The van der Waals surface area contributed by atoms with E-state index in [1.165, 1.54) is 0 Å². The summed E-state index contributed by atoms with van der Waals surface area (Å²) in [6.07, 6.45) is 1.82. The van der Waals surface area contributed by atoms with Crippen molar-refractivity contribution in [2.45, 2.75) is 26.7 Å². The summed E-state index contributed by atoms with van der Waals surface area (Å²) in [4.78, 5) is 12.6. The Hall–Kier alpha value is -3.00. The average Bonchev–Trinajstić information content (AvgIpc) is 2.93. The Morgan fingerprint density at radius 3 is 2.76 bits per heavy atom. The maximum absolute atomic E-state index is 12.6. The monoisotopic (exact) mass is 336 g/mol. The fourth-order valence-corrected chi connectivity index (χ4v) is 3.12. The first-order chi connectivity index (χ1) is 12.1. The molecule has 1 aromatic carbocycles. The quantitative estimate of drug-likeness (QED) is 0.652. The van der Waals surface area contributed by atoms with Crippen LogP contribution in [0.2, 0.25) is 0 Å². The van der Waals surface area contributed by atoms with Gasteiger partial charge in [0, 0.05) is 5.39 Å². The molecule has 25 heavy (non-hydrogen) atoms. The van der Waals surface area contributed by atoms with E-state index < -0.39 is 0 Å². The number of esters is 1. The largest absolute Gasteiger partial charge is 0.477 e. The van der Waals surface area contributed by atoms with E-state index in [1.54, 1.807) is 13.0 Å². The summed E-state index contributed by atoms with van der Waals surface area (Å²) in [7, 11) is 0. The number of hydrogen-bond acceptors (Lipinski definition) is 4. The number of ether oxygens (including phenoxy) is 2. The number of pyridine rings is 1. The minimum Gasteiger partial charge on any atom is -0.477 e. The Labute approximate surface area is 146 Å². The Bertz CT molecular complexity index is 980. The molecule has 0 saturated carbocycles. The second-order valence-corrected chi connectivity index (χ2v) is 6.06. The first-order valence-electron chi connectivity index (χ1n) is 8.32. The molecule has 0 amide bonds. The van der Waals surface area contributed by atoms with E-state index in [0.29, 0.717) is 23.8 Å². The summed E-state index contributed by atoms with van der Waals surface area (Å²) in [6, 6.07) is 11.5. The lowest BCUT2D eigenvalue weighted by Crippen LogP contribution is -2.04. The fourth-order valence-electron chi connectivity index (χ4n) is 3.12. The normalized spacial score (nSPS) is 11.0. The zero-order chi connectivity index (χ0) is 18.0. The van der Waals surface area contributed by atoms with Gasteiger partial charge in [-0.3, -0.25) is 0 Å². The number of nitriles is 1. The standard InChI is InChI=1S/C20H20N2O3/c1-4-24-20(23)18-16-7-5-6-15(13(2)3)19(16)22-12-14(25-11-10-21)8-9-17(18)22/h5-9,12-13H,4,11H2,1-3H3. The number of para-hydroxylation sites is 1. The van der Waals surface area contributed by atoms with Crippen LogP contribution in [-0.4, -0.2) is 23.6 Å². The highest BCUT2D eigenvalue weighted by atomic mass is 16.5. The van der Waals surface area contributed by atoms with Crippen molar-refractivity contribution in [2.75, 3.05) is 13.2 Å². The molecule has 0 bridgehead atoms. The van der Waals surface area contributed by atoms with E-state index in [2.05, 4.69) is 19.9 Å². The van der Waals surface area contributed by atoms with Crippen molar-refractivity contribution in [3.05, 3.63) is 47.7 Å². The molecule has 0 aliphatic heterocycles. The Kier molecular flexibility index (Phi) is 4.62. The van der Waals surface area contributed by atoms with Gasteiger partial charge in [-0.15, -0.1) is 0 Å². The van der Waals surface area contributed by atoms with E-state index in [-0.39, 0.29) is 12.6 Å². The van der Waals surface area contributed by atoms with Crippen molar-refractivity contribution in [3.8, 4) is 11.8 Å². The second kappa shape index (κ2) is 6.86. The highest BCUT2D eigenvalue weighted by molar-refractivity contribution is 6.12. The molecule has 0 spiro atoms. The summed E-state index contributed by atoms with van der Waals surface area (Å²) < 4.78 is 12.7. The van der Waals surface area contributed by atoms with Gasteiger partial charge < -0.3 is 13.9 Å². The van der Waals surface area contributed by atoms with Gasteiger partial charge in [-0.1, -0.05) is 32.0 Å². The van der Waals surface area contributed by atoms with Crippen molar-refractivity contribution in [1.29, 1.82) is 5.26 Å². The van der Waals surface area contributed by atoms with Gasteiger partial charge in [-0.2, -0.15) is 5.26 Å². The van der Waals surface area contributed by atoms with E-state index in [0.717, 1.165) is 22.0 Å². The number of hydrogen-bond donors (Lipinski definition) is 0. The lowest BCUT2D eigenvalue weighted by molar-refractivity contribution is 0.0531. The Morgan fingerprint density at radius 2 is 2.08 bits per heavy atom. The summed E-state index contributed by atoms with van der Waals surface area (Å²) >= 11 is 0. The van der Waals surface area contributed by atoms with Crippen LogP contribution in [0, 0.1) is 11.3 Å². The van der Waals surface area contributed by atoms with Gasteiger partial charge in [-0.05, 0) is 30.5 Å². The third-order valence-corrected chi connectivity index (χ3v) is 4.16. The van der Waals surface area contributed by atoms with Gasteiger partial charge in [-0.25, -0.2) is 4.79 Å². The summed E-state index contributed by atoms with van der Waals surface area (Å²) in [5.41, 5.74) is 3.44. The number of benzene rings is 1. The summed E-state index contributed by atoms with van der Waals surface area (Å²) in [5.74, 6) is 0.544. The van der Waals surface area contributed by atoms with Crippen LogP contribution in [0.3, 0.4) is 0 Å². The number of fused-ring (bicyclic) bond motifs is 3. The van der Waals surface area contributed by atoms with E-state index in [9.17, 15) is 4.79 Å². The van der Waals surface area contributed by atoms with Gasteiger partial charge in [0.2, 0.25) is 0 Å². The third-order valence-electron chi connectivity index (χ3n) is 4.16. The first kappa shape index (κ1) is 16.8. The predicted octanol–water partition coefficient (Wildman–Crippen LogP) is 4.29. The Morgan fingerprint density at radius 1 is 1.28 bits per heavy atom. The van der Waals surface area contributed by atoms with Crippen LogP contribution in [0.5, 0.6) is 5.75 Å². The smallest absolute Gasteiger partial charge is 0.340 e. The van der Waals surface area contributed by atoms with E-state index >= 15 is 0 Å². The van der Waals surface area contributed by atoms with Crippen LogP contribution in [0.4, 0.5) is 0 Å². The van der Waals surface area contributed by atoms with Gasteiger partial charge in [0.05, 0.1) is 29.4 Å². The lowest BCUT2D eigenvalue weighted by atomic mass is 9.99. The second-order valence-electron chi connectivity index (χ2n) is 6.06. The van der Waals surface area contributed by atoms with Crippen LogP contribution in [-0.2, 0) is 4.74 Å². The maximum atomic E-state index is 12.6. The minimum atomic E-state index is -0.332. The Balaban J connectivity index is 2.36. The number of carbonyl (C=O) groups is 1. The molecule has 5 heteroatoms. The molecule has 0 N–H and O–H groups in total. The zero-order valence-corrected chi connectivity index (χ0v) is 14.6. The van der Waals surface area contributed by atoms with Gasteiger partial charge in [0.25, 0.3) is 0 Å². The topological polar surface area (TPSA) is 63.7 Å². The van der Waals surface area contributed by atoms with E-state index in [4.69, 9.17) is 14.7 Å². The van der Waals surface area contributed by atoms with Crippen molar-refractivity contribution >= 4 is 22.4 Å². The van der Waals surface area contributed by atoms with Crippen LogP contribution in [0.1, 0.15) is 42.6 Å². The highest BCUT2D eigenvalue weighted by Crippen LogP contribution is 2.34. The fraction of sp³-hybridized carbons (Fsp3) is 0.300. The predicted molar refractivity (Wildman–Crippen MR) is 96.1 cm³/mol. The molecule has 0 atom stereocenters. The van der Waals surface area contributed by atoms with Crippen LogP contribution >= 0.6 is 0 Å². The van der Waals surface area contributed by atoms with Gasteiger partial charge in [0.1, 0.15) is 11.8 Å². The van der Waals surface area contributed by atoms with E-state index in [1.807, 2.05) is 34.9 Å². The lowest BCUT2D eigenvalue weighted by Gasteiger charge is -2.09. The molecule has 0 unspecified atom stereocenters. The molecule has 2 heterocycles. The zero-order valence-electron chi connectivity index (χ0n) is 14.6. The van der Waals surface area contributed by atoms with Crippen molar-refractivity contribution in [3.63, 3.8) is 0 Å². The molecular formula is C20H20N2O3. The number of nitrogens with zero attached hydrogens (tertiary/aromatic N) is 2. The third kappa shape index (κ3) is 2.91. The van der Waals surface area contributed by atoms with Crippen molar-refractivity contribution in [2.24, 2.45) is 0 Å². The molecule has 0 radical (unpaired) electrons. The van der Waals surface area contributed by atoms with Gasteiger partial charge in [0.15, 0.2) is 6.61 Å². The number of aromatic nitrogens is 1. The van der Waals surface area contributed by atoms with Crippen LogP contribution in [0.15, 0.2) is 36.5 Å². The molecule has 3 aromatic rings. The molecule has 5 nitrogen and oxygen atoms in total. The first-order valence-corrected chi connectivity index (χ1v) is 8.32. The molecule has 0 aliphatic rings. The average molecular weight is 336 g/mol.